The summed E-state index contributed by atoms with van der Waals surface area (Å²) in [4.78, 5) is 5.53. The molecular weight excluding hydrogens is 856 g/mol. The van der Waals surface area contributed by atoms with Crippen molar-refractivity contribution >= 4 is 57.2 Å². The number of aryl methyl sites for hydroxylation is 1. The Morgan fingerprint density at radius 1 is 0.394 bits per heavy atom. The second-order valence-electron chi connectivity index (χ2n) is 29.2. The van der Waals surface area contributed by atoms with Gasteiger partial charge in [0.2, 0.25) is 0 Å². The summed E-state index contributed by atoms with van der Waals surface area (Å²) >= 11 is 0. The first kappa shape index (κ1) is 48.3. The molecule has 6 aromatic carbocycles. The minimum Gasteiger partial charge on any atom is -0.311 e. The van der Waals surface area contributed by atoms with Crippen LogP contribution in [-0.2, 0) is 43.3 Å². The van der Waals surface area contributed by atoms with Crippen LogP contribution >= 0.6 is 0 Å². The zero-order valence-electron chi connectivity index (χ0n) is 47.2. The van der Waals surface area contributed by atoms with Crippen LogP contribution in [0, 0.1) is 6.92 Å². The first-order valence-corrected chi connectivity index (χ1v) is 27.3. The van der Waals surface area contributed by atoms with Crippen molar-refractivity contribution in [1.29, 1.82) is 0 Å². The molecular formula is C68H83BN2. The first-order valence-electron chi connectivity index (χ1n) is 27.3. The molecule has 11 rings (SSSR count). The van der Waals surface area contributed by atoms with Crippen molar-refractivity contribution in [3.63, 3.8) is 0 Å². The minimum atomic E-state index is -0.125. The normalized spacial score (nSPS) is 20.4. The van der Waals surface area contributed by atoms with E-state index in [9.17, 15) is 0 Å². The van der Waals surface area contributed by atoms with Crippen LogP contribution in [0.25, 0.3) is 11.1 Å². The fourth-order valence-electron chi connectivity index (χ4n) is 14.5. The Bertz CT molecular complexity index is 3210. The summed E-state index contributed by atoms with van der Waals surface area (Å²) in [5.41, 5.74) is 28.1. The molecule has 0 amide bonds. The van der Waals surface area contributed by atoms with Gasteiger partial charge in [0.25, 0.3) is 6.71 Å². The summed E-state index contributed by atoms with van der Waals surface area (Å²) in [7, 11) is 0. The second kappa shape index (κ2) is 15.0. The maximum Gasteiger partial charge on any atom is 0.252 e. The van der Waals surface area contributed by atoms with E-state index in [1.54, 1.807) is 0 Å². The van der Waals surface area contributed by atoms with Crippen LogP contribution in [-0.4, -0.2) is 6.71 Å². The van der Waals surface area contributed by atoms with Crippen molar-refractivity contribution in [2.45, 2.75) is 207 Å². The molecule has 2 aliphatic heterocycles. The molecule has 2 heterocycles. The molecule has 0 spiro atoms. The van der Waals surface area contributed by atoms with Gasteiger partial charge in [0.1, 0.15) is 0 Å². The molecule has 3 aliphatic carbocycles. The lowest BCUT2D eigenvalue weighted by atomic mass is 9.32. The summed E-state index contributed by atoms with van der Waals surface area (Å²) in [6, 6.07) is 40.0. The molecule has 0 N–H and O–H groups in total. The number of anilines is 6. The quantitative estimate of drug-likeness (QED) is 0.163. The van der Waals surface area contributed by atoms with Crippen LogP contribution in [0.15, 0.2) is 97.1 Å². The van der Waals surface area contributed by atoms with E-state index in [4.69, 9.17) is 0 Å². The van der Waals surface area contributed by atoms with Crippen LogP contribution in [0.1, 0.15) is 207 Å². The van der Waals surface area contributed by atoms with Crippen molar-refractivity contribution < 1.29 is 0 Å². The van der Waals surface area contributed by atoms with Gasteiger partial charge in [-0.1, -0.05) is 179 Å². The van der Waals surface area contributed by atoms with Gasteiger partial charge in [-0.3, -0.25) is 0 Å². The van der Waals surface area contributed by atoms with Crippen LogP contribution < -0.4 is 26.2 Å². The number of hydrogen-bond acceptors (Lipinski definition) is 2. The van der Waals surface area contributed by atoms with Crippen molar-refractivity contribution in [2.75, 3.05) is 9.80 Å². The molecule has 3 heteroatoms. The number of nitrogens with zero attached hydrogens (tertiary/aromatic N) is 2. The first-order chi connectivity index (χ1) is 32.8. The van der Waals surface area contributed by atoms with E-state index >= 15 is 0 Å². The summed E-state index contributed by atoms with van der Waals surface area (Å²) in [6.07, 6.45) is 5.86. The average Bonchev–Trinajstić information content (AvgIpc) is 3.46. The van der Waals surface area contributed by atoms with E-state index in [2.05, 4.69) is 238 Å². The smallest absolute Gasteiger partial charge is 0.252 e. The topological polar surface area (TPSA) is 6.48 Å². The number of rotatable bonds is 3. The number of benzene rings is 6. The summed E-state index contributed by atoms with van der Waals surface area (Å²) in [6.45, 7) is 46.7. The Labute approximate surface area is 430 Å². The van der Waals surface area contributed by atoms with Gasteiger partial charge < -0.3 is 9.80 Å². The van der Waals surface area contributed by atoms with E-state index in [0.717, 1.165) is 6.42 Å². The lowest BCUT2D eigenvalue weighted by molar-refractivity contribution is 0.332. The molecule has 0 atom stereocenters. The van der Waals surface area contributed by atoms with Crippen molar-refractivity contribution in [3.05, 3.63) is 147 Å². The van der Waals surface area contributed by atoms with E-state index in [0.29, 0.717) is 0 Å². The predicted molar refractivity (Wildman–Crippen MR) is 309 cm³/mol. The molecule has 0 saturated heterocycles. The fourth-order valence-corrected chi connectivity index (χ4v) is 14.5. The van der Waals surface area contributed by atoms with E-state index in [-0.39, 0.29) is 50.0 Å². The van der Waals surface area contributed by atoms with Crippen LogP contribution in [0.4, 0.5) is 34.1 Å². The van der Waals surface area contributed by atoms with Gasteiger partial charge in [0.15, 0.2) is 0 Å². The molecule has 0 saturated carbocycles. The van der Waals surface area contributed by atoms with E-state index < -0.39 is 0 Å². The van der Waals surface area contributed by atoms with Gasteiger partial charge in [-0.25, -0.2) is 0 Å². The van der Waals surface area contributed by atoms with Crippen molar-refractivity contribution in [1.82, 2.24) is 0 Å². The highest BCUT2D eigenvalue weighted by Crippen LogP contribution is 2.57. The molecule has 0 fully saturated rings. The van der Waals surface area contributed by atoms with Crippen LogP contribution in [0.2, 0.25) is 0 Å². The Kier molecular flexibility index (Phi) is 10.2. The van der Waals surface area contributed by atoms with Gasteiger partial charge in [0, 0.05) is 34.0 Å². The monoisotopic (exact) mass is 939 g/mol. The average molecular weight is 939 g/mol. The van der Waals surface area contributed by atoms with Crippen molar-refractivity contribution in [3.8, 4) is 11.1 Å². The Balaban J connectivity index is 1.33. The molecule has 0 unspecified atom stereocenters. The Hall–Kier alpha value is -5.02. The van der Waals surface area contributed by atoms with Gasteiger partial charge in [-0.05, 0) is 197 Å². The number of fused-ring (bicyclic) bond motifs is 7. The highest BCUT2D eigenvalue weighted by Gasteiger charge is 2.51. The molecule has 5 aliphatic rings. The lowest BCUT2D eigenvalue weighted by Crippen LogP contribution is -2.62. The summed E-state index contributed by atoms with van der Waals surface area (Å²) in [5.74, 6) is 0. The second-order valence-corrected chi connectivity index (χ2v) is 29.2. The summed E-state index contributed by atoms with van der Waals surface area (Å²) < 4.78 is 0. The summed E-state index contributed by atoms with van der Waals surface area (Å²) in [5, 5.41) is 0. The van der Waals surface area contributed by atoms with Gasteiger partial charge >= 0.3 is 0 Å². The van der Waals surface area contributed by atoms with Gasteiger partial charge in [0.05, 0.1) is 5.69 Å². The minimum absolute atomic E-state index is 0.0176. The highest BCUT2D eigenvalue weighted by molar-refractivity contribution is 7.00. The van der Waals surface area contributed by atoms with Gasteiger partial charge in [-0.2, -0.15) is 0 Å². The Morgan fingerprint density at radius 3 is 1.28 bits per heavy atom. The van der Waals surface area contributed by atoms with Crippen molar-refractivity contribution in [2.24, 2.45) is 0 Å². The highest BCUT2D eigenvalue weighted by atomic mass is 15.2. The van der Waals surface area contributed by atoms with Gasteiger partial charge in [-0.15, -0.1) is 0 Å². The molecule has 0 radical (unpaired) electrons. The largest absolute Gasteiger partial charge is 0.311 e. The van der Waals surface area contributed by atoms with E-state index in [1.165, 1.54) is 137 Å². The third-order valence-corrected chi connectivity index (χ3v) is 19.0. The number of hydrogen-bond donors (Lipinski definition) is 0. The molecule has 6 aromatic rings. The zero-order valence-corrected chi connectivity index (χ0v) is 47.2. The van der Waals surface area contributed by atoms with Crippen LogP contribution in [0.3, 0.4) is 0 Å². The zero-order chi connectivity index (χ0) is 51.1. The fraction of sp³-hybridized carbons (Fsp3) is 0.471. The third kappa shape index (κ3) is 7.30. The molecule has 2 nitrogen and oxygen atoms in total. The molecule has 0 bridgehead atoms. The van der Waals surface area contributed by atoms with E-state index in [1.807, 2.05) is 0 Å². The molecule has 71 heavy (non-hydrogen) atoms. The predicted octanol–water partition coefficient (Wildman–Crippen LogP) is 17.0. The third-order valence-electron chi connectivity index (χ3n) is 19.0. The SMILES string of the molecule is Cc1cc2c(cc1N1c3cc4c(cc3B3c5cc6c(cc5N(c5ccc(C(C)(C)C)cc5-c5ccccc5)c5cc(C(C)(C)C)cc1c53)C(C)(C)CCC6(C)C)C(C)(C)CC4(C)C)C(C)(C)CCC2(C)C. The maximum atomic E-state index is 2.78. The standard InChI is InChI=1S/C68H83BN2/c1-41-31-46-49(65(12,13)29-27-63(46,8)9)37-55(41)71-57-39-51-48(67(16,17)40-68(51,18)19)36-53(57)69-52-35-47-50(66(14,15)30-28-64(47,10)11)38-56(52)70(58-33-44(62(5,6)7)34-59(71)60(58)69)54-26-25-43(61(2,3)4)32-45(54)42-23-21-20-22-24-42/h20-26,31-39H,27-30,40H2,1-19H3. The molecule has 368 valence electrons. The maximum absolute atomic E-state index is 2.78. The molecule has 0 aromatic heterocycles. The lowest BCUT2D eigenvalue weighted by Gasteiger charge is -2.49. The Morgan fingerprint density at radius 2 is 0.803 bits per heavy atom. The van der Waals surface area contributed by atoms with Crippen LogP contribution in [0.5, 0.6) is 0 Å².